The Labute approximate surface area is 191 Å². The van der Waals surface area contributed by atoms with E-state index in [0.29, 0.717) is 5.13 Å². The van der Waals surface area contributed by atoms with Crippen LogP contribution in [0.2, 0.25) is 0 Å². The molecule has 1 fully saturated rings. The molecule has 4 rings (SSSR count). The van der Waals surface area contributed by atoms with Gasteiger partial charge in [0.15, 0.2) is 5.13 Å². The third kappa shape index (κ3) is 5.66. The third-order valence-corrected chi connectivity index (χ3v) is 7.60. The lowest BCUT2D eigenvalue weighted by atomic mass is 9.88. The van der Waals surface area contributed by atoms with E-state index < -0.39 is 0 Å². The number of fused-ring (bicyclic) bond motifs is 1. The van der Waals surface area contributed by atoms with Crippen molar-refractivity contribution in [3.8, 4) is 0 Å². The van der Waals surface area contributed by atoms with Crippen molar-refractivity contribution in [1.29, 1.82) is 0 Å². The molecule has 1 aliphatic carbocycles. The summed E-state index contributed by atoms with van der Waals surface area (Å²) in [6.45, 7) is 3.93. The molecule has 0 bridgehead atoms. The molecule has 7 heteroatoms. The molecule has 2 amide bonds. The van der Waals surface area contributed by atoms with Gasteiger partial charge in [0.25, 0.3) is 0 Å². The van der Waals surface area contributed by atoms with Gasteiger partial charge in [0.1, 0.15) is 0 Å². The Bertz CT molecular complexity index is 1070. The molecule has 2 aromatic carbocycles. The fourth-order valence-corrected chi connectivity index (χ4v) is 5.61. The van der Waals surface area contributed by atoms with E-state index in [4.69, 9.17) is 0 Å². The molecule has 1 atom stereocenters. The van der Waals surface area contributed by atoms with E-state index in [2.05, 4.69) is 21.7 Å². The second kappa shape index (κ2) is 9.83. The van der Waals surface area contributed by atoms with E-state index in [9.17, 15) is 9.59 Å². The normalized spacial score (nSPS) is 15.5. The lowest BCUT2D eigenvalue weighted by Crippen LogP contribution is -2.24. The maximum absolute atomic E-state index is 12.6. The summed E-state index contributed by atoms with van der Waals surface area (Å²) in [6, 6.07) is 13.8. The van der Waals surface area contributed by atoms with Crippen LogP contribution in [-0.2, 0) is 9.59 Å². The van der Waals surface area contributed by atoms with Crippen molar-refractivity contribution in [1.82, 2.24) is 4.98 Å². The minimum Gasteiger partial charge on any atom is -0.326 e. The Hall–Kier alpha value is -2.38. The molecule has 1 unspecified atom stereocenters. The van der Waals surface area contributed by atoms with Crippen LogP contribution in [0, 0.1) is 12.8 Å². The fraction of sp³-hybridized carbons (Fsp3) is 0.375. The predicted octanol–water partition coefficient (Wildman–Crippen LogP) is 6.24. The van der Waals surface area contributed by atoms with E-state index in [-0.39, 0.29) is 23.0 Å². The Morgan fingerprint density at radius 3 is 2.55 bits per heavy atom. The topological polar surface area (TPSA) is 71.1 Å². The molecule has 0 saturated heterocycles. The first kappa shape index (κ1) is 21.8. The van der Waals surface area contributed by atoms with Crippen molar-refractivity contribution in [3.63, 3.8) is 0 Å². The number of thioether (sulfide) groups is 1. The molecule has 1 aliphatic rings. The van der Waals surface area contributed by atoms with Crippen LogP contribution < -0.4 is 10.6 Å². The first-order valence-electron chi connectivity index (χ1n) is 10.7. The largest absolute Gasteiger partial charge is 0.326 e. The summed E-state index contributed by atoms with van der Waals surface area (Å²) in [6.07, 6.45) is 5.50. The molecule has 1 aromatic heterocycles. The predicted molar refractivity (Wildman–Crippen MR) is 130 cm³/mol. The number of hydrogen-bond acceptors (Lipinski definition) is 5. The highest BCUT2D eigenvalue weighted by molar-refractivity contribution is 8.00. The van der Waals surface area contributed by atoms with E-state index >= 15 is 0 Å². The number of benzene rings is 2. The van der Waals surface area contributed by atoms with Crippen LogP contribution >= 0.6 is 23.1 Å². The number of rotatable bonds is 6. The summed E-state index contributed by atoms with van der Waals surface area (Å²) in [5.74, 6) is 0.187. The lowest BCUT2D eigenvalue weighted by molar-refractivity contribution is -0.120. The number of nitrogens with zero attached hydrogens (tertiary/aromatic N) is 1. The average Bonchev–Trinajstić information content (AvgIpc) is 3.17. The number of nitrogens with one attached hydrogen (secondary N) is 2. The van der Waals surface area contributed by atoms with Gasteiger partial charge in [0.05, 0.1) is 15.5 Å². The van der Waals surface area contributed by atoms with Crippen LogP contribution in [0.3, 0.4) is 0 Å². The highest BCUT2D eigenvalue weighted by atomic mass is 32.2. The quantitative estimate of drug-likeness (QED) is 0.433. The van der Waals surface area contributed by atoms with Crippen LogP contribution in [0.25, 0.3) is 10.2 Å². The zero-order chi connectivity index (χ0) is 21.8. The second-order valence-corrected chi connectivity index (χ2v) is 10.5. The van der Waals surface area contributed by atoms with Crippen LogP contribution in [0.1, 0.15) is 44.6 Å². The summed E-state index contributed by atoms with van der Waals surface area (Å²) < 4.78 is 1.07. The molecule has 1 heterocycles. The smallest absolute Gasteiger partial charge is 0.239 e. The number of aromatic nitrogens is 1. The first-order valence-corrected chi connectivity index (χ1v) is 12.4. The molecule has 162 valence electrons. The molecule has 3 aromatic rings. The van der Waals surface area contributed by atoms with Crippen molar-refractivity contribution in [2.45, 2.75) is 56.1 Å². The second-order valence-electron chi connectivity index (χ2n) is 8.09. The third-order valence-electron chi connectivity index (χ3n) is 5.55. The molecule has 1 saturated carbocycles. The number of amides is 2. The summed E-state index contributed by atoms with van der Waals surface area (Å²) in [7, 11) is 0. The molecule has 2 N–H and O–H groups in total. The number of thiazole rings is 1. The summed E-state index contributed by atoms with van der Waals surface area (Å²) >= 11 is 2.98. The molecule has 31 heavy (non-hydrogen) atoms. The van der Waals surface area contributed by atoms with E-state index in [1.54, 1.807) is 0 Å². The van der Waals surface area contributed by atoms with Gasteiger partial charge < -0.3 is 10.6 Å². The van der Waals surface area contributed by atoms with Gasteiger partial charge in [0, 0.05) is 16.5 Å². The number of carbonyl (C=O) groups is 2. The zero-order valence-corrected chi connectivity index (χ0v) is 19.4. The van der Waals surface area contributed by atoms with Gasteiger partial charge in [-0.1, -0.05) is 36.7 Å². The molecular formula is C24H27N3O2S2. The number of anilines is 2. The van der Waals surface area contributed by atoms with Crippen LogP contribution in [0.15, 0.2) is 47.4 Å². The molecule has 0 aliphatic heterocycles. The zero-order valence-electron chi connectivity index (χ0n) is 17.8. The van der Waals surface area contributed by atoms with Gasteiger partial charge in [-0.05, 0) is 68.7 Å². The SMILES string of the molecule is Cc1ccc2nc(NC(=O)C(C)Sc3ccc(NC(=O)C4CCCCC4)cc3)sc2c1. The van der Waals surface area contributed by atoms with Crippen LogP contribution in [-0.4, -0.2) is 22.0 Å². The number of carbonyl (C=O) groups excluding carboxylic acids is 2. The van der Waals surface area contributed by atoms with Crippen molar-refractivity contribution in [2.75, 3.05) is 10.6 Å². The lowest BCUT2D eigenvalue weighted by Gasteiger charge is -2.20. The van der Waals surface area contributed by atoms with E-state index in [1.165, 1.54) is 35.1 Å². The van der Waals surface area contributed by atoms with E-state index in [0.717, 1.165) is 46.5 Å². The summed E-state index contributed by atoms with van der Waals surface area (Å²) in [5.41, 5.74) is 2.88. The summed E-state index contributed by atoms with van der Waals surface area (Å²) in [5, 5.41) is 6.32. The van der Waals surface area contributed by atoms with Gasteiger partial charge in [-0.15, -0.1) is 11.8 Å². The average molecular weight is 454 g/mol. The molecular weight excluding hydrogens is 426 g/mol. The maximum Gasteiger partial charge on any atom is 0.239 e. The van der Waals surface area contributed by atoms with Crippen LogP contribution in [0.5, 0.6) is 0 Å². The maximum atomic E-state index is 12.6. The molecule has 0 radical (unpaired) electrons. The van der Waals surface area contributed by atoms with Crippen molar-refractivity contribution >= 4 is 55.9 Å². The highest BCUT2D eigenvalue weighted by Crippen LogP contribution is 2.30. The van der Waals surface area contributed by atoms with Gasteiger partial charge in [-0.25, -0.2) is 4.98 Å². The van der Waals surface area contributed by atoms with Gasteiger partial charge in [-0.2, -0.15) is 0 Å². The molecule has 0 spiro atoms. The Morgan fingerprint density at radius 1 is 1.06 bits per heavy atom. The Balaban J connectivity index is 1.31. The van der Waals surface area contributed by atoms with Crippen molar-refractivity contribution in [3.05, 3.63) is 48.0 Å². The summed E-state index contributed by atoms with van der Waals surface area (Å²) in [4.78, 5) is 30.5. The van der Waals surface area contributed by atoms with Crippen molar-refractivity contribution in [2.24, 2.45) is 5.92 Å². The van der Waals surface area contributed by atoms with Gasteiger partial charge in [-0.3, -0.25) is 9.59 Å². The standard InChI is InChI=1S/C24H27N3O2S2/c1-15-8-13-20-21(14-15)31-24(26-20)27-22(28)16(2)30-19-11-9-18(10-12-19)25-23(29)17-6-4-3-5-7-17/h8-14,16-17H,3-7H2,1-2H3,(H,25,29)(H,26,27,28). The monoisotopic (exact) mass is 453 g/mol. The Kier molecular flexibility index (Phi) is 6.92. The minimum atomic E-state index is -0.267. The van der Waals surface area contributed by atoms with E-state index in [1.807, 2.05) is 50.2 Å². The van der Waals surface area contributed by atoms with Crippen molar-refractivity contribution < 1.29 is 9.59 Å². The van der Waals surface area contributed by atoms with Gasteiger partial charge >= 0.3 is 0 Å². The Morgan fingerprint density at radius 2 is 1.81 bits per heavy atom. The minimum absolute atomic E-state index is 0.0737. The molecule has 5 nitrogen and oxygen atoms in total. The fourth-order valence-electron chi connectivity index (χ4n) is 3.78. The van der Waals surface area contributed by atoms with Crippen LogP contribution in [0.4, 0.5) is 10.8 Å². The number of hydrogen-bond donors (Lipinski definition) is 2. The number of aryl methyl sites for hydroxylation is 1. The first-order chi connectivity index (χ1) is 15.0. The highest BCUT2D eigenvalue weighted by Gasteiger charge is 2.21. The van der Waals surface area contributed by atoms with Gasteiger partial charge in [0.2, 0.25) is 11.8 Å².